The molecule has 8 heteroatoms. The highest BCUT2D eigenvalue weighted by molar-refractivity contribution is 5.97. The number of nitrogens with zero attached hydrogens (tertiary/aromatic N) is 4. The molecule has 29 heavy (non-hydrogen) atoms. The van der Waals surface area contributed by atoms with Gasteiger partial charge in [-0.1, -0.05) is 13.8 Å². The fourth-order valence-corrected chi connectivity index (χ4v) is 4.27. The molecule has 8 nitrogen and oxygen atoms in total. The fraction of sp³-hybridized carbons (Fsp3) is 0.524. The van der Waals surface area contributed by atoms with Crippen molar-refractivity contribution in [1.82, 2.24) is 15.0 Å². The molecule has 0 unspecified atom stereocenters. The van der Waals surface area contributed by atoms with Crippen LogP contribution in [0.25, 0.3) is 0 Å². The number of anilines is 2. The number of carbonyl (C=O) groups excluding carboxylic acids is 1. The second-order valence-corrected chi connectivity index (χ2v) is 8.80. The van der Waals surface area contributed by atoms with Crippen molar-refractivity contribution >= 4 is 17.7 Å². The summed E-state index contributed by atoms with van der Waals surface area (Å²) in [6, 6.07) is 3.32. The van der Waals surface area contributed by atoms with Gasteiger partial charge in [-0.15, -0.1) is 0 Å². The standard InChI is InChI=1S/C21H28N6O2/c1-21(2)10-16(25-19-14(18(22)29)4-3-7-23-19)15-12-24-20(26-17(15)11-21)27-8-5-13(28)6-9-27/h3-4,7,12-13,16,28H,5-6,8-11H2,1-2H3,(H2,22,29)(H,23,25)/t16-/m0/s1. The second kappa shape index (κ2) is 7.59. The molecule has 2 aromatic heterocycles. The molecule has 0 radical (unpaired) electrons. The molecule has 4 N–H and O–H groups in total. The number of nitrogens with one attached hydrogen (secondary N) is 1. The number of nitrogens with two attached hydrogens (primary N) is 1. The van der Waals surface area contributed by atoms with Crippen LogP contribution < -0.4 is 16.0 Å². The Bertz CT molecular complexity index is 908. The van der Waals surface area contributed by atoms with Gasteiger partial charge in [-0.25, -0.2) is 15.0 Å². The van der Waals surface area contributed by atoms with Crippen LogP contribution in [-0.2, 0) is 6.42 Å². The van der Waals surface area contributed by atoms with Crippen molar-refractivity contribution in [2.75, 3.05) is 23.3 Å². The number of hydrogen-bond donors (Lipinski definition) is 3. The molecule has 0 aromatic carbocycles. The first kappa shape index (κ1) is 19.6. The number of rotatable bonds is 4. The van der Waals surface area contributed by atoms with Crippen LogP contribution in [-0.4, -0.2) is 45.2 Å². The molecular formula is C21H28N6O2. The Balaban J connectivity index is 1.64. The number of aliphatic hydroxyl groups excluding tert-OH is 1. The summed E-state index contributed by atoms with van der Waals surface area (Å²) >= 11 is 0. The van der Waals surface area contributed by atoms with E-state index in [1.54, 1.807) is 18.3 Å². The molecule has 1 aliphatic heterocycles. The number of amides is 1. The predicted molar refractivity (Wildman–Crippen MR) is 111 cm³/mol. The minimum atomic E-state index is -0.505. The van der Waals surface area contributed by atoms with Crippen molar-refractivity contribution in [3.8, 4) is 0 Å². The van der Waals surface area contributed by atoms with Gasteiger partial charge in [0.25, 0.3) is 5.91 Å². The molecule has 2 aliphatic rings. The van der Waals surface area contributed by atoms with E-state index < -0.39 is 5.91 Å². The van der Waals surface area contributed by atoms with E-state index in [-0.39, 0.29) is 17.6 Å². The van der Waals surface area contributed by atoms with Gasteiger partial charge in [0, 0.05) is 31.0 Å². The van der Waals surface area contributed by atoms with Crippen molar-refractivity contribution in [3.05, 3.63) is 41.3 Å². The molecule has 1 amide bonds. The molecule has 1 atom stereocenters. The average Bonchev–Trinajstić information content (AvgIpc) is 2.67. The van der Waals surface area contributed by atoms with Gasteiger partial charge in [-0.3, -0.25) is 4.79 Å². The van der Waals surface area contributed by atoms with E-state index in [1.807, 2.05) is 6.20 Å². The van der Waals surface area contributed by atoms with Gasteiger partial charge < -0.3 is 21.1 Å². The molecule has 1 fully saturated rings. The largest absolute Gasteiger partial charge is 0.393 e. The van der Waals surface area contributed by atoms with E-state index in [0.717, 1.165) is 56.0 Å². The van der Waals surface area contributed by atoms with Crippen molar-refractivity contribution in [2.24, 2.45) is 11.1 Å². The van der Waals surface area contributed by atoms with Crippen LogP contribution in [0.3, 0.4) is 0 Å². The average molecular weight is 396 g/mol. The molecule has 154 valence electrons. The Kier molecular flexibility index (Phi) is 5.12. The van der Waals surface area contributed by atoms with Crippen LogP contribution >= 0.6 is 0 Å². The molecule has 1 aliphatic carbocycles. The molecule has 1 saturated heterocycles. The number of primary amides is 1. The Morgan fingerprint density at radius 1 is 1.31 bits per heavy atom. The third-order valence-electron chi connectivity index (χ3n) is 5.80. The molecular weight excluding hydrogens is 368 g/mol. The Labute approximate surface area is 170 Å². The summed E-state index contributed by atoms with van der Waals surface area (Å²) < 4.78 is 0. The lowest BCUT2D eigenvalue weighted by Gasteiger charge is -2.37. The van der Waals surface area contributed by atoms with E-state index in [0.29, 0.717) is 11.4 Å². The highest BCUT2D eigenvalue weighted by Crippen LogP contribution is 2.42. The van der Waals surface area contributed by atoms with Gasteiger partial charge in [0.2, 0.25) is 5.95 Å². The lowest BCUT2D eigenvalue weighted by molar-refractivity contribution is 0.100. The SMILES string of the molecule is CC1(C)Cc2nc(N3CCC(O)CC3)ncc2[C@@H](Nc2ncccc2C(N)=O)C1. The zero-order valence-electron chi connectivity index (χ0n) is 16.9. The van der Waals surface area contributed by atoms with Crippen molar-refractivity contribution in [2.45, 2.75) is 51.7 Å². The normalized spacial score (nSPS) is 21.5. The number of piperidine rings is 1. The summed E-state index contributed by atoms with van der Waals surface area (Å²) in [5.74, 6) is 0.709. The Morgan fingerprint density at radius 2 is 2.07 bits per heavy atom. The van der Waals surface area contributed by atoms with Crippen LogP contribution in [0.4, 0.5) is 11.8 Å². The first-order valence-electron chi connectivity index (χ1n) is 10.1. The number of fused-ring (bicyclic) bond motifs is 1. The number of aliphatic hydroxyl groups is 1. The summed E-state index contributed by atoms with van der Waals surface area (Å²) in [6.45, 7) is 5.97. The quantitative estimate of drug-likeness (QED) is 0.724. The molecule has 0 saturated carbocycles. The topological polar surface area (TPSA) is 117 Å². The van der Waals surface area contributed by atoms with Gasteiger partial charge in [-0.05, 0) is 43.2 Å². The van der Waals surface area contributed by atoms with Crippen LogP contribution in [0, 0.1) is 5.41 Å². The van der Waals surface area contributed by atoms with Crippen LogP contribution in [0.2, 0.25) is 0 Å². The highest BCUT2D eigenvalue weighted by atomic mass is 16.3. The fourth-order valence-electron chi connectivity index (χ4n) is 4.27. The summed E-state index contributed by atoms with van der Waals surface area (Å²) in [4.78, 5) is 27.7. The van der Waals surface area contributed by atoms with Crippen LogP contribution in [0.15, 0.2) is 24.5 Å². The van der Waals surface area contributed by atoms with Crippen LogP contribution in [0.5, 0.6) is 0 Å². The minimum Gasteiger partial charge on any atom is -0.393 e. The predicted octanol–water partition coefficient (Wildman–Crippen LogP) is 2.06. The zero-order chi connectivity index (χ0) is 20.6. The zero-order valence-corrected chi connectivity index (χ0v) is 16.9. The maximum absolute atomic E-state index is 11.8. The first-order valence-corrected chi connectivity index (χ1v) is 10.1. The van der Waals surface area contributed by atoms with E-state index in [2.05, 4.69) is 34.0 Å². The third kappa shape index (κ3) is 4.17. The second-order valence-electron chi connectivity index (χ2n) is 8.80. The van der Waals surface area contributed by atoms with Gasteiger partial charge in [0.1, 0.15) is 5.82 Å². The Hall–Kier alpha value is -2.74. The van der Waals surface area contributed by atoms with Crippen molar-refractivity contribution in [3.63, 3.8) is 0 Å². The maximum Gasteiger partial charge on any atom is 0.252 e. The summed E-state index contributed by atoms with van der Waals surface area (Å²) in [5.41, 5.74) is 7.98. The lowest BCUT2D eigenvalue weighted by Crippen LogP contribution is -2.38. The van der Waals surface area contributed by atoms with Crippen LogP contribution in [0.1, 0.15) is 60.8 Å². The molecule has 2 aromatic rings. The molecule has 3 heterocycles. The van der Waals surface area contributed by atoms with E-state index >= 15 is 0 Å². The van der Waals surface area contributed by atoms with Gasteiger partial charge in [-0.2, -0.15) is 0 Å². The number of pyridine rings is 1. The number of carbonyl (C=O) groups is 1. The third-order valence-corrected chi connectivity index (χ3v) is 5.80. The van der Waals surface area contributed by atoms with Gasteiger partial charge >= 0.3 is 0 Å². The van der Waals surface area contributed by atoms with E-state index in [9.17, 15) is 9.90 Å². The van der Waals surface area contributed by atoms with Crippen molar-refractivity contribution in [1.29, 1.82) is 0 Å². The monoisotopic (exact) mass is 396 g/mol. The molecule has 0 spiro atoms. The van der Waals surface area contributed by atoms with Crippen molar-refractivity contribution < 1.29 is 9.90 Å². The lowest BCUT2D eigenvalue weighted by atomic mass is 9.74. The minimum absolute atomic E-state index is 0.0377. The maximum atomic E-state index is 11.8. The first-order chi connectivity index (χ1) is 13.8. The summed E-state index contributed by atoms with van der Waals surface area (Å²) in [6.07, 6.45) is 6.52. The summed E-state index contributed by atoms with van der Waals surface area (Å²) in [7, 11) is 0. The molecule has 4 rings (SSSR count). The highest BCUT2D eigenvalue weighted by Gasteiger charge is 2.35. The number of aromatic nitrogens is 3. The van der Waals surface area contributed by atoms with Gasteiger partial charge in [0.15, 0.2) is 0 Å². The Morgan fingerprint density at radius 3 is 2.79 bits per heavy atom. The molecule has 0 bridgehead atoms. The van der Waals surface area contributed by atoms with E-state index in [1.165, 1.54) is 0 Å². The van der Waals surface area contributed by atoms with Gasteiger partial charge in [0.05, 0.1) is 23.4 Å². The number of hydrogen-bond acceptors (Lipinski definition) is 7. The smallest absolute Gasteiger partial charge is 0.252 e. The van der Waals surface area contributed by atoms with E-state index in [4.69, 9.17) is 10.7 Å². The summed E-state index contributed by atoms with van der Waals surface area (Å²) in [5, 5.41) is 13.2.